The molecule has 0 bridgehead atoms. The zero-order valence-corrected chi connectivity index (χ0v) is 11.9. The Balaban J connectivity index is 1.57. The van der Waals surface area contributed by atoms with Gasteiger partial charge in [0.05, 0.1) is 6.54 Å². The minimum Gasteiger partial charge on any atom is -0.464 e. The molecule has 20 heavy (non-hydrogen) atoms. The molecule has 3 unspecified atom stereocenters. The average Bonchev–Trinajstić information content (AvgIpc) is 2.99. The molecule has 2 aromatic rings. The number of furan rings is 1. The maximum absolute atomic E-state index is 13.2. The maximum Gasteiger partial charge on any atom is 0.123 e. The number of nitrogens with one attached hydrogen (secondary N) is 1. The third kappa shape index (κ3) is 2.93. The zero-order valence-electron chi connectivity index (χ0n) is 11.9. The molecule has 0 radical (unpaired) electrons. The summed E-state index contributed by atoms with van der Waals surface area (Å²) in [4.78, 5) is 0. The lowest BCUT2D eigenvalue weighted by Crippen LogP contribution is -2.17. The average molecular weight is 273 g/mol. The van der Waals surface area contributed by atoms with Crippen molar-refractivity contribution in [2.75, 3.05) is 0 Å². The van der Waals surface area contributed by atoms with Crippen LogP contribution >= 0.6 is 0 Å². The van der Waals surface area contributed by atoms with Crippen molar-refractivity contribution in [3.8, 4) is 0 Å². The summed E-state index contributed by atoms with van der Waals surface area (Å²) in [5.41, 5.74) is 0.951. The van der Waals surface area contributed by atoms with Gasteiger partial charge in [-0.25, -0.2) is 4.39 Å². The predicted octanol–water partition coefficient (Wildman–Crippen LogP) is 4.39. The van der Waals surface area contributed by atoms with Gasteiger partial charge in [0.1, 0.15) is 17.3 Å². The van der Waals surface area contributed by atoms with E-state index < -0.39 is 0 Å². The van der Waals surface area contributed by atoms with Crippen molar-refractivity contribution in [2.45, 2.75) is 38.8 Å². The van der Waals surface area contributed by atoms with Crippen molar-refractivity contribution < 1.29 is 8.81 Å². The third-order valence-corrected chi connectivity index (χ3v) is 4.09. The molecule has 1 aliphatic rings. The van der Waals surface area contributed by atoms with E-state index in [0.717, 1.165) is 23.0 Å². The molecule has 2 nitrogen and oxygen atoms in total. The number of benzene rings is 1. The Morgan fingerprint density at radius 2 is 2.15 bits per heavy atom. The predicted molar refractivity (Wildman–Crippen MR) is 76.9 cm³/mol. The van der Waals surface area contributed by atoms with Gasteiger partial charge >= 0.3 is 0 Å². The van der Waals surface area contributed by atoms with Crippen LogP contribution in [0, 0.1) is 11.7 Å². The highest BCUT2D eigenvalue weighted by Gasteiger charge is 2.36. The molecule has 3 rings (SSSR count). The number of rotatable bonds is 5. The molecule has 106 valence electrons. The van der Waals surface area contributed by atoms with Gasteiger partial charge in [-0.3, -0.25) is 0 Å². The fourth-order valence-electron chi connectivity index (χ4n) is 2.55. The van der Waals surface area contributed by atoms with Gasteiger partial charge in [0.2, 0.25) is 0 Å². The lowest BCUT2D eigenvalue weighted by molar-refractivity contribution is 0.430. The minimum atomic E-state index is -0.195. The topological polar surface area (TPSA) is 25.2 Å². The third-order valence-electron chi connectivity index (χ3n) is 4.09. The summed E-state index contributed by atoms with van der Waals surface area (Å²) in [5.74, 6) is 3.23. The lowest BCUT2D eigenvalue weighted by atomic mass is 10.1. The number of hydrogen-bond donors (Lipinski definition) is 1. The van der Waals surface area contributed by atoms with Gasteiger partial charge in [0, 0.05) is 12.0 Å². The Labute approximate surface area is 119 Å². The van der Waals surface area contributed by atoms with E-state index in [-0.39, 0.29) is 11.9 Å². The normalized spacial score (nSPS) is 22.8. The highest BCUT2D eigenvalue weighted by molar-refractivity contribution is 5.20. The Morgan fingerprint density at radius 3 is 2.85 bits per heavy atom. The Hall–Kier alpha value is -1.61. The molecule has 0 amide bonds. The van der Waals surface area contributed by atoms with Crippen LogP contribution in [0.15, 0.2) is 40.8 Å². The van der Waals surface area contributed by atoms with Crippen molar-refractivity contribution >= 4 is 0 Å². The highest BCUT2D eigenvalue weighted by Crippen LogP contribution is 2.47. The summed E-state index contributed by atoms with van der Waals surface area (Å²) in [7, 11) is 0. The summed E-state index contributed by atoms with van der Waals surface area (Å²) >= 11 is 0. The first-order chi connectivity index (χ1) is 9.63. The maximum atomic E-state index is 13.2. The monoisotopic (exact) mass is 273 g/mol. The summed E-state index contributed by atoms with van der Waals surface area (Å²) in [5, 5.41) is 3.37. The molecule has 1 aromatic carbocycles. The van der Waals surface area contributed by atoms with Crippen molar-refractivity contribution in [1.29, 1.82) is 0 Å². The minimum absolute atomic E-state index is 0.0964. The number of halogens is 1. The second kappa shape index (κ2) is 5.41. The van der Waals surface area contributed by atoms with Crippen molar-refractivity contribution in [1.82, 2.24) is 5.32 Å². The Kier molecular flexibility index (Phi) is 3.62. The first kappa shape index (κ1) is 13.4. The van der Waals surface area contributed by atoms with Crippen LogP contribution in [0.5, 0.6) is 0 Å². The van der Waals surface area contributed by atoms with Crippen LogP contribution in [0.3, 0.4) is 0 Å². The second-order valence-electron chi connectivity index (χ2n) is 5.78. The first-order valence-corrected chi connectivity index (χ1v) is 7.21. The summed E-state index contributed by atoms with van der Waals surface area (Å²) in [6, 6.07) is 10.9. The molecule has 0 saturated heterocycles. The molecule has 1 saturated carbocycles. The van der Waals surface area contributed by atoms with E-state index in [1.807, 2.05) is 19.1 Å². The molecular formula is C17H20FNO. The fourth-order valence-corrected chi connectivity index (χ4v) is 2.55. The Bertz CT molecular complexity index is 592. The highest BCUT2D eigenvalue weighted by atomic mass is 19.1. The quantitative estimate of drug-likeness (QED) is 0.873. The van der Waals surface area contributed by atoms with Gasteiger partial charge in [-0.15, -0.1) is 0 Å². The van der Waals surface area contributed by atoms with E-state index in [2.05, 4.69) is 18.3 Å². The largest absolute Gasteiger partial charge is 0.464 e. The van der Waals surface area contributed by atoms with Crippen LogP contribution in [0.2, 0.25) is 0 Å². The smallest absolute Gasteiger partial charge is 0.123 e. The van der Waals surface area contributed by atoms with E-state index in [0.29, 0.717) is 12.5 Å². The Morgan fingerprint density at radius 1 is 1.35 bits per heavy atom. The summed E-state index contributed by atoms with van der Waals surface area (Å²) in [6.07, 6.45) is 1.24. The van der Waals surface area contributed by atoms with Crippen LogP contribution in [0.1, 0.15) is 49.3 Å². The summed E-state index contributed by atoms with van der Waals surface area (Å²) < 4.78 is 19.0. The number of hydrogen-bond acceptors (Lipinski definition) is 2. The van der Waals surface area contributed by atoms with E-state index in [4.69, 9.17) is 4.42 Å². The van der Waals surface area contributed by atoms with E-state index in [9.17, 15) is 4.39 Å². The van der Waals surface area contributed by atoms with Gasteiger partial charge in [-0.05, 0) is 49.1 Å². The van der Waals surface area contributed by atoms with Crippen LogP contribution in [0.25, 0.3) is 0 Å². The zero-order chi connectivity index (χ0) is 14.1. The van der Waals surface area contributed by atoms with E-state index in [1.165, 1.54) is 12.5 Å². The summed E-state index contributed by atoms with van der Waals surface area (Å²) in [6.45, 7) is 4.94. The molecular weight excluding hydrogens is 253 g/mol. The van der Waals surface area contributed by atoms with Gasteiger partial charge in [-0.1, -0.05) is 19.1 Å². The van der Waals surface area contributed by atoms with Crippen molar-refractivity contribution in [3.63, 3.8) is 0 Å². The second-order valence-corrected chi connectivity index (χ2v) is 5.78. The van der Waals surface area contributed by atoms with Crippen LogP contribution in [-0.4, -0.2) is 0 Å². The van der Waals surface area contributed by atoms with Crippen molar-refractivity contribution in [3.05, 3.63) is 59.3 Å². The first-order valence-electron chi connectivity index (χ1n) is 7.21. The molecule has 1 aliphatic carbocycles. The van der Waals surface area contributed by atoms with E-state index >= 15 is 0 Å². The van der Waals surface area contributed by atoms with E-state index in [1.54, 1.807) is 12.1 Å². The molecule has 3 heteroatoms. The molecule has 0 aliphatic heterocycles. The van der Waals surface area contributed by atoms with Crippen LogP contribution < -0.4 is 5.32 Å². The van der Waals surface area contributed by atoms with Gasteiger partial charge in [-0.2, -0.15) is 0 Å². The lowest BCUT2D eigenvalue weighted by Gasteiger charge is -2.13. The SMILES string of the molecule is CC(NCc1ccc(C2CC2C)o1)c1cccc(F)c1. The molecule has 1 fully saturated rings. The molecule has 1 aromatic heterocycles. The molecule has 0 spiro atoms. The molecule has 1 heterocycles. The molecule has 3 atom stereocenters. The molecule has 1 N–H and O–H groups in total. The van der Waals surface area contributed by atoms with Gasteiger partial charge in [0.25, 0.3) is 0 Å². The van der Waals surface area contributed by atoms with Crippen LogP contribution in [-0.2, 0) is 6.54 Å². The van der Waals surface area contributed by atoms with Gasteiger partial charge in [0.15, 0.2) is 0 Å². The standard InChI is InChI=1S/C17H20FNO/c1-11-8-16(11)17-7-6-15(20-17)10-19-12(2)13-4-3-5-14(18)9-13/h3-7,9,11-12,16,19H,8,10H2,1-2H3. The fraction of sp³-hybridized carbons (Fsp3) is 0.412. The van der Waals surface area contributed by atoms with Crippen LogP contribution in [0.4, 0.5) is 4.39 Å². The van der Waals surface area contributed by atoms with Crippen molar-refractivity contribution in [2.24, 2.45) is 5.92 Å². The van der Waals surface area contributed by atoms with Gasteiger partial charge < -0.3 is 9.73 Å².